The van der Waals surface area contributed by atoms with Crippen molar-refractivity contribution < 1.29 is 14.3 Å². The van der Waals surface area contributed by atoms with Crippen molar-refractivity contribution in [1.82, 2.24) is 5.32 Å². The topological polar surface area (TPSA) is 47.6 Å². The second-order valence-corrected chi connectivity index (χ2v) is 6.59. The van der Waals surface area contributed by atoms with E-state index in [-0.39, 0.29) is 5.97 Å². The van der Waals surface area contributed by atoms with Crippen molar-refractivity contribution in [3.8, 4) is 0 Å². The lowest BCUT2D eigenvalue weighted by molar-refractivity contribution is -0.148. The van der Waals surface area contributed by atoms with Crippen molar-refractivity contribution >= 4 is 5.97 Å². The first kappa shape index (κ1) is 17.4. The standard InChI is InChI=1S/C16H31NO3/c1-12-9-13(2)11-14(10-12)20-8-6-7-16(3,17-4)15(18)19-5/h12-14,17H,6-11H2,1-5H3. The minimum atomic E-state index is -0.606. The maximum atomic E-state index is 11.7. The maximum absolute atomic E-state index is 11.7. The van der Waals surface area contributed by atoms with Crippen molar-refractivity contribution in [3.05, 3.63) is 0 Å². The Balaban J connectivity index is 2.28. The van der Waals surface area contributed by atoms with Gasteiger partial charge in [-0.2, -0.15) is 0 Å². The first-order valence-corrected chi connectivity index (χ1v) is 7.80. The molecule has 1 rings (SSSR count). The number of methoxy groups -OCH3 is 1. The van der Waals surface area contributed by atoms with Gasteiger partial charge in [-0.15, -0.1) is 0 Å². The number of nitrogens with one attached hydrogen (secondary N) is 1. The molecule has 0 bridgehead atoms. The molecule has 0 spiro atoms. The quantitative estimate of drug-likeness (QED) is 0.577. The maximum Gasteiger partial charge on any atom is 0.325 e. The highest BCUT2D eigenvalue weighted by atomic mass is 16.5. The van der Waals surface area contributed by atoms with E-state index in [1.807, 2.05) is 6.92 Å². The lowest BCUT2D eigenvalue weighted by Crippen LogP contribution is -2.48. The molecule has 4 nitrogen and oxygen atoms in total. The highest BCUT2D eigenvalue weighted by Gasteiger charge is 2.32. The zero-order valence-corrected chi connectivity index (χ0v) is 13.7. The molecule has 1 aliphatic carbocycles. The third-order valence-electron chi connectivity index (χ3n) is 4.50. The van der Waals surface area contributed by atoms with Crippen LogP contribution < -0.4 is 5.32 Å². The van der Waals surface area contributed by atoms with E-state index in [1.165, 1.54) is 26.4 Å². The summed E-state index contributed by atoms with van der Waals surface area (Å²) in [5.74, 6) is 1.32. The minimum Gasteiger partial charge on any atom is -0.468 e. The molecule has 0 aliphatic heterocycles. The van der Waals surface area contributed by atoms with Crippen LogP contribution >= 0.6 is 0 Å². The van der Waals surface area contributed by atoms with Gasteiger partial charge in [0, 0.05) is 6.61 Å². The van der Waals surface area contributed by atoms with Gasteiger partial charge in [0.15, 0.2) is 0 Å². The Labute approximate surface area is 123 Å². The number of ether oxygens (including phenoxy) is 2. The fraction of sp³-hybridized carbons (Fsp3) is 0.938. The molecule has 0 saturated heterocycles. The number of likely N-dealkylation sites (N-methyl/N-ethyl adjacent to an activating group) is 1. The third-order valence-corrected chi connectivity index (χ3v) is 4.50. The molecule has 4 heteroatoms. The summed E-state index contributed by atoms with van der Waals surface area (Å²) in [6, 6.07) is 0. The predicted octanol–water partition coefficient (Wildman–Crippen LogP) is 2.76. The molecule has 0 aromatic carbocycles. The van der Waals surface area contributed by atoms with Crippen LogP contribution in [0, 0.1) is 11.8 Å². The van der Waals surface area contributed by atoms with Gasteiger partial charge in [0.25, 0.3) is 0 Å². The van der Waals surface area contributed by atoms with Gasteiger partial charge >= 0.3 is 5.97 Å². The molecule has 1 fully saturated rings. The molecule has 3 atom stereocenters. The second-order valence-electron chi connectivity index (χ2n) is 6.59. The Morgan fingerprint density at radius 2 is 1.85 bits per heavy atom. The summed E-state index contributed by atoms with van der Waals surface area (Å²) in [5, 5.41) is 3.05. The van der Waals surface area contributed by atoms with E-state index >= 15 is 0 Å². The van der Waals surface area contributed by atoms with E-state index in [9.17, 15) is 4.79 Å². The summed E-state index contributed by atoms with van der Waals surface area (Å²) in [5.41, 5.74) is -0.606. The number of carbonyl (C=O) groups excluding carboxylic acids is 1. The van der Waals surface area contributed by atoms with Gasteiger partial charge in [-0.3, -0.25) is 4.79 Å². The summed E-state index contributed by atoms with van der Waals surface area (Å²) in [7, 11) is 3.22. The van der Waals surface area contributed by atoms with Gasteiger partial charge < -0.3 is 14.8 Å². The minimum absolute atomic E-state index is 0.208. The molecule has 0 aromatic rings. The average molecular weight is 285 g/mol. The SMILES string of the molecule is CNC(C)(CCCOC1CC(C)CC(C)C1)C(=O)OC. The van der Waals surface area contributed by atoms with Gasteiger partial charge in [0.1, 0.15) is 5.54 Å². The molecular weight excluding hydrogens is 254 g/mol. The normalized spacial score (nSPS) is 29.8. The van der Waals surface area contributed by atoms with Crippen LogP contribution in [-0.4, -0.2) is 38.4 Å². The average Bonchev–Trinajstić information content (AvgIpc) is 2.41. The lowest BCUT2D eigenvalue weighted by Gasteiger charge is -2.32. The number of esters is 1. The van der Waals surface area contributed by atoms with Crippen molar-refractivity contribution in [1.29, 1.82) is 0 Å². The zero-order chi connectivity index (χ0) is 15.2. The van der Waals surface area contributed by atoms with Crippen LogP contribution in [0.4, 0.5) is 0 Å². The molecule has 3 unspecified atom stereocenters. The van der Waals surface area contributed by atoms with E-state index in [1.54, 1.807) is 7.05 Å². The summed E-state index contributed by atoms with van der Waals surface area (Å²) >= 11 is 0. The van der Waals surface area contributed by atoms with E-state index in [4.69, 9.17) is 9.47 Å². The molecule has 0 aromatic heterocycles. The molecule has 1 aliphatic rings. The Morgan fingerprint density at radius 1 is 1.25 bits per heavy atom. The number of hydrogen-bond acceptors (Lipinski definition) is 4. The fourth-order valence-corrected chi connectivity index (χ4v) is 3.24. The summed E-state index contributed by atoms with van der Waals surface area (Å²) in [4.78, 5) is 11.7. The van der Waals surface area contributed by atoms with Crippen molar-refractivity contribution in [3.63, 3.8) is 0 Å². The van der Waals surface area contributed by atoms with Crippen LogP contribution in [0.1, 0.15) is 52.9 Å². The number of carbonyl (C=O) groups is 1. The van der Waals surface area contributed by atoms with Gasteiger partial charge in [0.05, 0.1) is 13.2 Å². The Kier molecular flexibility index (Phi) is 6.96. The largest absolute Gasteiger partial charge is 0.468 e. The van der Waals surface area contributed by atoms with Gasteiger partial charge in [-0.25, -0.2) is 0 Å². The molecule has 1 saturated carbocycles. The van der Waals surface area contributed by atoms with Crippen LogP contribution in [0.5, 0.6) is 0 Å². The van der Waals surface area contributed by atoms with Gasteiger partial charge in [-0.05, 0) is 57.9 Å². The first-order valence-electron chi connectivity index (χ1n) is 7.80. The van der Waals surface area contributed by atoms with Crippen LogP contribution in [0.25, 0.3) is 0 Å². The molecule has 0 heterocycles. The van der Waals surface area contributed by atoms with E-state index in [0.717, 1.165) is 31.3 Å². The highest BCUT2D eigenvalue weighted by Crippen LogP contribution is 2.30. The van der Waals surface area contributed by atoms with E-state index in [2.05, 4.69) is 19.2 Å². The monoisotopic (exact) mass is 285 g/mol. The van der Waals surface area contributed by atoms with Gasteiger partial charge in [-0.1, -0.05) is 13.8 Å². The first-order chi connectivity index (χ1) is 9.41. The van der Waals surface area contributed by atoms with Crippen LogP contribution in [-0.2, 0) is 14.3 Å². The molecule has 118 valence electrons. The number of hydrogen-bond donors (Lipinski definition) is 1. The second kappa shape index (κ2) is 7.99. The summed E-state index contributed by atoms with van der Waals surface area (Å²) in [6.45, 7) is 7.21. The smallest absolute Gasteiger partial charge is 0.325 e. The lowest BCUT2D eigenvalue weighted by atomic mass is 9.82. The van der Waals surface area contributed by atoms with Gasteiger partial charge in [0.2, 0.25) is 0 Å². The van der Waals surface area contributed by atoms with E-state index in [0.29, 0.717) is 6.10 Å². The number of rotatable bonds is 7. The van der Waals surface area contributed by atoms with Crippen LogP contribution in [0.3, 0.4) is 0 Å². The predicted molar refractivity (Wildman–Crippen MR) is 80.6 cm³/mol. The van der Waals surface area contributed by atoms with Crippen molar-refractivity contribution in [2.24, 2.45) is 11.8 Å². The van der Waals surface area contributed by atoms with Crippen molar-refractivity contribution in [2.75, 3.05) is 20.8 Å². The summed E-state index contributed by atoms with van der Waals surface area (Å²) in [6.07, 6.45) is 5.65. The van der Waals surface area contributed by atoms with Crippen LogP contribution in [0.2, 0.25) is 0 Å². The van der Waals surface area contributed by atoms with E-state index < -0.39 is 5.54 Å². The highest BCUT2D eigenvalue weighted by molar-refractivity contribution is 5.80. The molecule has 1 N–H and O–H groups in total. The zero-order valence-electron chi connectivity index (χ0n) is 13.7. The molecule has 20 heavy (non-hydrogen) atoms. The third kappa shape index (κ3) is 5.06. The Morgan fingerprint density at radius 3 is 2.35 bits per heavy atom. The molecule has 0 amide bonds. The molecule has 0 radical (unpaired) electrons. The fourth-order valence-electron chi connectivity index (χ4n) is 3.24. The molecular formula is C16H31NO3. The van der Waals surface area contributed by atoms with Crippen LogP contribution in [0.15, 0.2) is 0 Å². The van der Waals surface area contributed by atoms with Crippen molar-refractivity contribution in [2.45, 2.75) is 64.5 Å². The Hall–Kier alpha value is -0.610. The summed E-state index contributed by atoms with van der Waals surface area (Å²) < 4.78 is 10.8. The Bertz CT molecular complexity index is 298.